The van der Waals surface area contributed by atoms with Crippen molar-refractivity contribution >= 4 is 11.0 Å². The molecule has 0 radical (unpaired) electrons. The van der Waals surface area contributed by atoms with Crippen LogP contribution in [0.25, 0.3) is 22.7 Å². The number of fused-ring (bicyclic) bond motifs is 1. The molecule has 1 N–H and O–H groups in total. The summed E-state index contributed by atoms with van der Waals surface area (Å²) in [5.41, 5.74) is 1.85. The molecule has 0 saturated heterocycles. The van der Waals surface area contributed by atoms with Crippen molar-refractivity contribution in [3.63, 3.8) is 0 Å². The van der Waals surface area contributed by atoms with E-state index in [1.54, 1.807) is 6.92 Å². The monoisotopic (exact) mass is 200 g/mol. The smallest absolute Gasteiger partial charge is 0.283 e. The minimum absolute atomic E-state index is 0.420. The molecule has 0 fully saturated rings. The maximum absolute atomic E-state index is 5.28. The zero-order valence-corrected chi connectivity index (χ0v) is 8.06. The van der Waals surface area contributed by atoms with Gasteiger partial charge in [-0.3, -0.25) is 0 Å². The van der Waals surface area contributed by atoms with E-state index in [1.165, 1.54) is 0 Å². The molecule has 0 atom stereocenters. The topological polar surface area (TPSA) is 67.6 Å². The van der Waals surface area contributed by atoms with Crippen molar-refractivity contribution in [2.45, 2.75) is 6.92 Å². The number of para-hydroxylation sites is 2. The standard InChI is InChI=1S/C10H8N4O/c1-6-13-14-10(15-6)9-11-7-4-2-3-5-8(7)12-9/h2-5H,1H3,(H,11,12). The summed E-state index contributed by atoms with van der Waals surface area (Å²) in [7, 11) is 0. The van der Waals surface area contributed by atoms with E-state index in [0.717, 1.165) is 11.0 Å². The molecule has 2 aromatic heterocycles. The van der Waals surface area contributed by atoms with Crippen LogP contribution in [0.5, 0.6) is 0 Å². The molecule has 0 unspecified atom stereocenters. The highest BCUT2D eigenvalue weighted by molar-refractivity contribution is 5.77. The zero-order chi connectivity index (χ0) is 10.3. The summed E-state index contributed by atoms with van der Waals surface area (Å²) < 4.78 is 5.28. The SMILES string of the molecule is Cc1nnc(-c2nc3ccccc3[nH]2)o1. The number of nitrogens with one attached hydrogen (secondary N) is 1. The highest BCUT2D eigenvalue weighted by Gasteiger charge is 2.10. The van der Waals surface area contributed by atoms with Gasteiger partial charge in [0, 0.05) is 6.92 Å². The van der Waals surface area contributed by atoms with Gasteiger partial charge in [-0.15, -0.1) is 10.2 Å². The number of H-pyrrole nitrogens is 1. The fourth-order valence-corrected chi connectivity index (χ4v) is 1.45. The van der Waals surface area contributed by atoms with E-state index in [1.807, 2.05) is 24.3 Å². The Hall–Kier alpha value is -2.17. The lowest BCUT2D eigenvalue weighted by molar-refractivity contribution is 0.529. The molecule has 3 aromatic rings. The van der Waals surface area contributed by atoms with Crippen LogP contribution in [0.2, 0.25) is 0 Å². The molecule has 0 amide bonds. The quantitative estimate of drug-likeness (QED) is 0.651. The highest BCUT2D eigenvalue weighted by Crippen LogP contribution is 2.18. The first kappa shape index (κ1) is 8.16. The Morgan fingerprint density at radius 1 is 1.20 bits per heavy atom. The van der Waals surface area contributed by atoms with E-state index in [0.29, 0.717) is 17.6 Å². The molecule has 0 bridgehead atoms. The molecular formula is C10H8N4O. The Bertz CT molecular complexity index is 577. The van der Waals surface area contributed by atoms with Crippen molar-refractivity contribution in [1.82, 2.24) is 20.2 Å². The third-order valence-corrected chi connectivity index (χ3v) is 2.12. The minimum Gasteiger partial charge on any atom is -0.419 e. The molecule has 0 aliphatic carbocycles. The Morgan fingerprint density at radius 2 is 2.07 bits per heavy atom. The number of imidazole rings is 1. The van der Waals surface area contributed by atoms with Crippen LogP contribution in [0.1, 0.15) is 5.89 Å². The molecule has 0 spiro atoms. The number of nitrogens with zero attached hydrogens (tertiary/aromatic N) is 3. The van der Waals surface area contributed by atoms with Gasteiger partial charge in [0.1, 0.15) is 0 Å². The first-order valence-corrected chi connectivity index (χ1v) is 4.58. The molecule has 74 valence electrons. The van der Waals surface area contributed by atoms with Crippen molar-refractivity contribution in [2.75, 3.05) is 0 Å². The van der Waals surface area contributed by atoms with Crippen LogP contribution < -0.4 is 0 Å². The van der Waals surface area contributed by atoms with E-state index in [9.17, 15) is 0 Å². The average Bonchev–Trinajstić information content (AvgIpc) is 2.82. The van der Waals surface area contributed by atoms with Crippen LogP contribution in [-0.2, 0) is 0 Å². The largest absolute Gasteiger partial charge is 0.419 e. The molecule has 5 nitrogen and oxygen atoms in total. The number of aromatic nitrogens is 4. The fourth-order valence-electron chi connectivity index (χ4n) is 1.45. The van der Waals surface area contributed by atoms with Crippen molar-refractivity contribution in [1.29, 1.82) is 0 Å². The van der Waals surface area contributed by atoms with Gasteiger partial charge >= 0.3 is 0 Å². The summed E-state index contributed by atoms with van der Waals surface area (Å²) in [6.07, 6.45) is 0. The Labute approximate surface area is 85.2 Å². The predicted octanol–water partition coefficient (Wildman–Crippen LogP) is 1.92. The van der Waals surface area contributed by atoms with Crippen molar-refractivity contribution in [3.8, 4) is 11.7 Å². The fraction of sp³-hybridized carbons (Fsp3) is 0.100. The van der Waals surface area contributed by atoms with Crippen molar-refractivity contribution in [2.24, 2.45) is 0 Å². The van der Waals surface area contributed by atoms with Crippen molar-refractivity contribution in [3.05, 3.63) is 30.2 Å². The first-order chi connectivity index (χ1) is 7.33. The van der Waals surface area contributed by atoms with E-state index < -0.39 is 0 Å². The molecule has 1 aromatic carbocycles. The summed E-state index contributed by atoms with van der Waals surface area (Å²) in [5.74, 6) is 1.56. The lowest BCUT2D eigenvalue weighted by Gasteiger charge is -1.83. The minimum atomic E-state index is 0.420. The van der Waals surface area contributed by atoms with Gasteiger partial charge < -0.3 is 9.40 Å². The summed E-state index contributed by atoms with van der Waals surface area (Å²) >= 11 is 0. The summed E-state index contributed by atoms with van der Waals surface area (Å²) in [5, 5.41) is 7.66. The van der Waals surface area contributed by atoms with Gasteiger partial charge in [0.2, 0.25) is 5.89 Å². The second-order valence-corrected chi connectivity index (χ2v) is 3.23. The number of aryl methyl sites for hydroxylation is 1. The van der Waals surface area contributed by atoms with E-state index >= 15 is 0 Å². The molecule has 5 heteroatoms. The summed E-state index contributed by atoms with van der Waals surface area (Å²) in [6.45, 7) is 1.75. The number of rotatable bonds is 1. The lowest BCUT2D eigenvalue weighted by atomic mass is 10.3. The number of benzene rings is 1. The maximum atomic E-state index is 5.28. The van der Waals surface area contributed by atoms with Gasteiger partial charge in [-0.05, 0) is 12.1 Å². The molecule has 15 heavy (non-hydrogen) atoms. The van der Waals surface area contributed by atoms with Crippen LogP contribution >= 0.6 is 0 Å². The molecule has 3 rings (SSSR count). The van der Waals surface area contributed by atoms with Crippen LogP contribution in [0, 0.1) is 6.92 Å². The molecule has 0 aliphatic rings. The Kier molecular flexibility index (Phi) is 1.58. The van der Waals surface area contributed by atoms with Gasteiger partial charge in [-0.1, -0.05) is 12.1 Å². The number of aromatic amines is 1. The Morgan fingerprint density at radius 3 is 2.80 bits per heavy atom. The van der Waals surface area contributed by atoms with Crippen LogP contribution in [0.3, 0.4) is 0 Å². The molecular weight excluding hydrogens is 192 g/mol. The van der Waals surface area contributed by atoms with E-state index in [2.05, 4.69) is 20.2 Å². The Balaban J connectivity index is 2.19. The molecule has 0 saturated carbocycles. The average molecular weight is 200 g/mol. The van der Waals surface area contributed by atoms with Crippen molar-refractivity contribution < 1.29 is 4.42 Å². The molecule has 0 aliphatic heterocycles. The second-order valence-electron chi connectivity index (χ2n) is 3.23. The lowest BCUT2D eigenvalue weighted by Crippen LogP contribution is -1.79. The number of hydrogen-bond acceptors (Lipinski definition) is 4. The highest BCUT2D eigenvalue weighted by atomic mass is 16.4. The van der Waals surface area contributed by atoms with Gasteiger partial charge in [0.15, 0.2) is 5.82 Å². The maximum Gasteiger partial charge on any atom is 0.283 e. The van der Waals surface area contributed by atoms with Crippen LogP contribution in [0.4, 0.5) is 0 Å². The normalized spacial score (nSPS) is 11.0. The third kappa shape index (κ3) is 1.28. The predicted molar refractivity (Wildman–Crippen MR) is 54.1 cm³/mol. The first-order valence-electron chi connectivity index (χ1n) is 4.58. The second kappa shape index (κ2) is 2.91. The van der Waals surface area contributed by atoms with Gasteiger partial charge in [-0.25, -0.2) is 4.98 Å². The molecule has 2 heterocycles. The van der Waals surface area contributed by atoms with Gasteiger partial charge in [0.25, 0.3) is 5.89 Å². The zero-order valence-electron chi connectivity index (χ0n) is 8.06. The third-order valence-electron chi connectivity index (χ3n) is 2.12. The van der Waals surface area contributed by atoms with Gasteiger partial charge in [0.05, 0.1) is 11.0 Å². The number of hydrogen-bond donors (Lipinski definition) is 1. The van der Waals surface area contributed by atoms with E-state index in [4.69, 9.17) is 4.42 Å². The van der Waals surface area contributed by atoms with Crippen LogP contribution in [0.15, 0.2) is 28.7 Å². The van der Waals surface area contributed by atoms with E-state index in [-0.39, 0.29) is 0 Å². The van der Waals surface area contributed by atoms with Crippen LogP contribution in [-0.4, -0.2) is 20.2 Å². The summed E-state index contributed by atoms with van der Waals surface area (Å²) in [4.78, 5) is 7.46. The van der Waals surface area contributed by atoms with Gasteiger partial charge in [-0.2, -0.15) is 0 Å². The summed E-state index contributed by atoms with van der Waals surface area (Å²) in [6, 6.07) is 7.77.